The topological polar surface area (TPSA) is 85.2 Å². The molecule has 1 aliphatic rings. The molecule has 2 heterocycles. The molecule has 0 bridgehead atoms. The molecule has 2 aromatic carbocycles. The maximum Gasteiger partial charge on any atom is 0.242 e. The maximum atomic E-state index is 12.6. The van der Waals surface area contributed by atoms with E-state index in [1.54, 1.807) is 35.3 Å². The monoisotopic (exact) mass is 482 g/mol. The molecule has 0 fully saturated rings. The van der Waals surface area contributed by atoms with E-state index in [-0.39, 0.29) is 18.4 Å². The number of amides is 2. The number of carbonyl (C=O) groups excluding carboxylic acids is 2. The number of benzene rings is 2. The highest BCUT2D eigenvalue weighted by atomic mass is 32.2. The van der Waals surface area contributed by atoms with Gasteiger partial charge in [0.1, 0.15) is 18.1 Å². The van der Waals surface area contributed by atoms with Crippen molar-refractivity contribution in [1.29, 1.82) is 0 Å². The Kier molecular flexibility index (Phi) is 7.96. The van der Waals surface area contributed by atoms with Crippen LogP contribution in [0.1, 0.15) is 22.4 Å². The van der Waals surface area contributed by atoms with Gasteiger partial charge in [0.2, 0.25) is 11.8 Å². The van der Waals surface area contributed by atoms with Crippen LogP contribution in [0, 0.1) is 0 Å². The lowest BCUT2D eigenvalue weighted by Crippen LogP contribution is -2.29. The van der Waals surface area contributed by atoms with Gasteiger partial charge in [0.05, 0.1) is 18.6 Å². The molecule has 0 saturated carbocycles. The van der Waals surface area contributed by atoms with Crippen LogP contribution in [0.4, 0.5) is 5.82 Å². The van der Waals surface area contributed by atoms with Crippen LogP contribution in [0.15, 0.2) is 54.6 Å². The zero-order valence-electron chi connectivity index (χ0n) is 18.4. The maximum absolute atomic E-state index is 12.6. The van der Waals surface area contributed by atoms with Crippen LogP contribution in [-0.4, -0.2) is 34.5 Å². The number of nitrogens with one attached hydrogen (secondary N) is 2. The number of hydrogen-bond donors (Lipinski definition) is 2. The highest BCUT2D eigenvalue weighted by Gasteiger charge is 2.24. The molecule has 9 heteroatoms. The molecule has 1 aromatic heterocycles. The molecule has 0 atom stereocenters. The van der Waals surface area contributed by atoms with Gasteiger partial charge in [-0.15, -0.1) is 11.8 Å². The Morgan fingerprint density at radius 3 is 2.61 bits per heavy atom. The lowest BCUT2D eigenvalue weighted by molar-refractivity contribution is -0.122. The first-order valence-corrected chi connectivity index (χ1v) is 12.9. The van der Waals surface area contributed by atoms with E-state index in [4.69, 9.17) is 4.74 Å². The third-order valence-electron chi connectivity index (χ3n) is 5.16. The van der Waals surface area contributed by atoms with E-state index in [9.17, 15) is 9.59 Å². The van der Waals surface area contributed by atoms with Gasteiger partial charge in [0.25, 0.3) is 0 Å². The molecule has 2 amide bonds. The number of thioether (sulfide) groups is 2. The van der Waals surface area contributed by atoms with Crippen molar-refractivity contribution in [3.8, 4) is 5.75 Å². The number of aromatic nitrogens is 2. The molecule has 4 rings (SSSR count). The second kappa shape index (κ2) is 11.3. The minimum atomic E-state index is -0.159. The number of fused-ring (bicyclic) bond motifs is 1. The Hall–Kier alpha value is -2.91. The molecule has 2 N–H and O–H groups in total. The summed E-state index contributed by atoms with van der Waals surface area (Å²) in [6.45, 7) is 0.470. The molecule has 7 nitrogen and oxygen atoms in total. The minimum absolute atomic E-state index is 0.0561. The van der Waals surface area contributed by atoms with Gasteiger partial charge in [-0.25, -0.2) is 4.68 Å². The summed E-state index contributed by atoms with van der Waals surface area (Å²) < 4.78 is 6.78. The predicted octanol–water partition coefficient (Wildman–Crippen LogP) is 3.83. The molecule has 3 aromatic rings. The van der Waals surface area contributed by atoms with Crippen molar-refractivity contribution in [3.05, 3.63) is 77.0 Å². The summed E-state index contributed by atoms with van der Waals surface area (Å²) in [5.74, 6) is 3.86. The van der Waals surface area contributed by atoms with Crippen molar-refractivity contribution in [1.82, 2.24) is 15.1 Å². The summed E-state index contributed by atoms with van der Waals surface area (Å²) in [5.41, 5.74) is 4.12. The predicted molar refractivity (Wildman–Crippen MR) is 133 cm³/mol. The van der Waals surface area contributed by atoms with Crippen molar-refractivity contribution < 1.29 is 14.3 Å². The van der Waals surface area contributed by atoms with Gasteiger partial charge in [-0.05, 0) is 23.3 Å². The Morgan fingerprint density at radius 1 is 1.06 bits per heavy atom. The summed E-state index contributed by atoms with van der Waals surface area (Å²) in [4.78, 5) is 25.2. The third kappa shape index (κ3) is 6.33. The number of anilines is 1. The molecule has 0 spiro atoms. The first-order chi connectivity index (χ1) is 16.1. The van der Waals surface area contributed by atoms with Gasteiger partial charge in [-0.3, -0.25) is 9.59 Å². The van der Waals surface area contributed by atoms with Crippen LogP contribution >= 0.6 is 23.5 Å². The number of nitrogens with zero attached hydrogens (tertiary/aromatic N) is 2. The molecular weight excluding hydrogens is 456 g/mol. The number of rotatable bonds is 10. The Morgan fingerprint density at radius 2 is 1.85 bits per heavy atom. The molecule has 0 aliphatic carbocycles. The smallest absolute Gasteiger partial charge is 0.242 e. The van der Waals surface area contributed by atoms with E-state index in [1.165, 1.54) is 5.56 Å². The molecule has 0 radical (unpaired) electrons. The molecule has 0 saturated heterocycles. The third-order valence-corrected chi connectivity index (χ3v) is 7.14. The Balaban J connectivity index is 1.33. The van der Waals surface area contributed by atoms with Crippen molar-refractivity contribution in [3.63, 3.8) is 0 Å². The van der Waals surface area contributed by atoms with E-state index in [0.29, 0.717) is 18.1 Å². The fraction of sp³-hybridized carbons (Fsp3) is 0.292. The number of hydrogen-bond acceptors (Lipinski definition) is 6. The van der Waals surface area contributed by atoms with Gasteiger partial charge in [0, 0.05) is 29.4 Å². The van der Waals surface area contributed by atoms with Crippen LogP contribution in [-0.2, 0) is 39.9 Å². The average Bonchev–Trinajstić information content (AvgIpc) is 3.41. The number of carbonyl (C=O) groups is 2. The first-order valence-electron chi connectivity index (χ1n) is 10.6. The molecule has 1 aliphatic heterocycles. The zero-order chi connectivity index (χ0) is 23.0. The highest BCUT2D eigenvalue weighted by Crippen LogP contribution is 2.34. The number of methoxy groups -OCH3 is 1. The van der Waals surface area contributed by atoms with Crippen LogP contribution in [0.5, 0.6) is 5.75 Å². The Bertz CT molecular complexity index is 1100. The molecule has 33 heavy (non-hydrogen) atoms. The quantitative estimate of drug-likeness (QED) is 0.457. The summed E-state index contributed by atoms with van der Waals surface area (Å²) in [7, 11) is 1.62. The van der Waals surface area contributed by atoms with Crippen LogP contribution in [0.2, 0.25) is 0 Å². The first kappa shape index (κ1) is 23.3. The summed E-state index contributed by atoms with van der Waals surface area (Å²) in [6.07, 6.45) is 0. The van der Waals surface area contributed by atoms with Gasteiger partial charge in [-0.2, -0.15) is 16.9 Å². The molecule has 0 unspecified atom stereocenters. The minimum Gasteiger partial charge on any atom is -0.497 e. The average molecular weight is 483 g/mol. The van der Waals surface area contributed by atoms with Gasteiger partial charge in [-0.1, -0.05) is 42.5 Å². The highest BCUT2D eigenvalue weighted by molar-refractivity contribution is 7.99. The van der Waals surface area contributed by atoms with E-state index in [0.717, 1.165) is 39.8 Å². The summed E-state index contributed by atoms with van der Waals surface area (Å²) >= 11 is 3.32. The fourth-order valence-electron chi connectivity index (χ4n) is 3.46. The second-order valence-corrected chi connectivity index (χ2v) is 9.55. The zero-order valence-corrected chi connectivity index (χ0v) is 20.0. The van der Waals surface area contributed by atoms with E-state index in [1.807, 2.05) is 42.5 Å². The lowest BCUT2D eigenvalue weighted by atomic mass is 10.2. The van der Waals surface area contributed by atoms with Crippen LogP contribution in [0.3, 0.4) is 0 Å². The van der Waals surface area contributed by atoms with E-state index < -0.39 is 0 Å². The largest absolute Gasteiger partial charge is 0.497 e. The van der Waals surface area contributed by atoms with E-state index >= 15 is 0 Å². The van der Waals surface area contributed by atoms with Crippen molar-refractivity contribution in [2.24, 2.45) is 0 Å². The molecule has 172 valence electrons. The van der Waals surface area contributed by atoms with Crippen LogP contribution < -0.4 is 15.4 Å². The summed E-state index contributed by atoms with van der Waals surface area (Å²) in [5, 5.41) is 10.5. The van der Waals surface area contributed by atoms with Crippen molar-refractivity contribution in [2.45, 2.75) is 30.3 Å². The second-order valence-electron chi connectivity index (χ2n) is 7.58. The molecular formula is C24H26N4O3S2. The van der Waals surface area contributed by atoms with Crippen molar-refractivity contribution in [2.75, 3.05) is 18.2 Å². The summed E-state index contributed by atoms with van der Waals surface area (Å²) in [6, 6.07) is 17.6. The van der Waals surface area contributed by atoms with Crippen molar-refractivity contribution >= 4 is 41.2 Å². The van der Waals surface area contributed by atoms with Crippen LogP contribution in [0.25, 0.3) is 0 Å². The fourth-order valence-corrected chi connectivity index (χ4v) is 5.28. The van der Waals surface area contributed by atoms with Gasteiger partial charge in [0.15, 0.2) is 0 Å². The van der Waals surface area contributed by atoms with E-state index in [2.05, 4.69) is 27.9 Å². The standard InChI is InChI=1S/C24H26N4O3S2/c1-31-19-9-7-17(8-10-19)11-25-22(29)12-28-24(20-14-33-15-21(20)27-28)26-23(30)16-32-13-18-5-3-2-4-6-18/h2-10H,11-16H2,1H3,(H,25,29)(H,26,30). The normalized spacial score (nSPS) is 12.3. The van der Waals surface area contributed by atoms with Gasteiger partial charge >= 0.3 is 0 Å². The lowest BCUT2D eigenvalue weighted by Gasteiger charge is -2.12. The SMILES string of the molecule is COc1ccc(CNC(=O)Cn2nc3c(c2NC(=O)CSCc2ccccc2)CSC3)cc1. The van der Waals surface area contributed by atoms with Gasteiger partial charge < -0.3 is 15.4 Å². The Labute approximate surface area is 201 Å². The number of ether oxygens (including phenoxy) is 1.